The van der Waals surface area contributed by atoms with Gasteiger partial charge in [-0.1, -0.05) is 71.4 Å². The van der Waals surface area contributed by atoms with Crippen molar-refractivity contribution in [2.45, 2.75) is 19.1 Å². The summed E-state index contributed by atoms with van der Waals surface area (Å²) in [5, 5.41) is 14.5. The third kappa shape index (κ3) is 6.08. The van der Waals surface area contributed by atoms with E-state index in [1.807, 2.05) is 60.0 Å². The summed E-state index contributed by atoms with van der Waals surface area (Å²) in [6.07, 6.45) is 0. The zero-order valence-corrected chi connectivity index (χ0v) is 25.2. The first-order valence-electron chi connectivity index (χ1n) is 14.1. The molecule has 0 spiro atoms. The second kappa shape index (κ2) is 12.4. The van der Waals surface area contributed by atoms with Crippen molar-refractivity contribution >= 4 is 51.5 Å². The van der Waals surface area contributed by atoms with Gasteiger partial charge in [0.1, 0.15) is 23.1 Å². The fraction of sp³-hybridized carbons (Fsp3) is 0.121. The molecular formula is C33H25ClN6O4S. The van der Waals surface area contributed by atoms with Crippen LogP contribution in [-0.4, -0.2) is 43.5 Å². The Kier molecular flexibility index (Phi) is 7.85. The van der Waals surface area contributed by atoms with Gasteiger partial charge in [-0.05, 0) is 42.0 Å². The lowest BCUT2D eigenvalue weighted by Crippen LogP contribution is -2.42. The Balaban J connectivity index is 1.26. The Morgan fingerprint density at radius 2 is 1.73 bits per heavy atom. The molecule has 7 rings (SSSR count). The normalized spacial score (nSPS) is 12.6. The molecule has 0 saturated heterocycles. The summed E-state index contributed by atoms with van der Waals surface area (Å²) in [5.41, 5.74) is 4.20. The number of ether oxygens (including phenoxy) is 2. The monoisotopic (exact) mass is 636 g/mol. The molecule has 0 aliphatic carbocycles. The lowest BCUT2D eigenvalue weighted by atomic mass is 10.0. The summed E-state index contributed by atoms with van der Waals surface area (Å²) in [6.45, 7) is 0.0435. The van der Waals surface area contributed by atoms with E-state index in [0.717, 1.165) is 11.3 Å². The van der Waals surface area contributed by atoms with Gasteiger partial charge >= 0.3 is 0 Å². The van der Waals surface area contributed by atoms with E-state index in [-0.39, 0.29) is 25.8 Å². The number of rotatable bonds is 9. The van der Waals surface area contributed by atoms with E-state index >= 15 is 0 Å². The highest BCUT2D eigenvalue weighted by Gasteiger charge is 2.33. The minimum absolute atomic E-state index is 0.0742. The van der Waals surface area contributed by atoms with Crippen molar-refractivity contribution in [1.29, 1.82) is 0 Å². The van der Waals surface area contributed by atoms with E-state index in [4.69, 9.17) is 26.1 Å². The number of halogens is 1. The van der Waals surface area contributed by atoms with Crippen LogP contribution in [0.1, 0.15) is 16.6 Å². The molecule has 12 heteroatoms. The van der Waals surface area contributed by atoms with E-state index in [2.05, 4.69) is 15.6 Å². The van der Waals surface area contributed by atoms with Crippen LogP contribution in [0.4, 0.5) is 5.69 Å². The number of anilines is 1. The smallest absolute Gasteiger partial charge is 0.251 e. The van der Waals surface area contributed by atoms with Gasteiger partial charge in [0.15, 0.2) is 11.5 Å². The Hall–Kier alpha value is -5.26. The largest absolute Gasteiger partial charge is 0.454 e. The zero-order chi connectivity index (χ0) is 30.8. The molecule has 0 radical (unpaired) electrons. The number of thiazole rings is 1. The summed E-state index contributed by atoms with van der Waals surface area (Å²) in [7, 11) is 0. The number of amides is 2. The molecule has 6 aromatic rings. The van der Waals surface area contributed by atoms with Gasteiger partial charge in [0.25, 0.3) is 5.91 Å². The van der Waals surface area contributed by atoms with E-state index in [1.165, 1.54) is 20.9 Å². The predicted molar refractivity (Wildman–Crippen MR) is 171 cm³/mol. The zero-order valence-electron chi connectivity index (χ0n) is 23.7. The number of hydrogen-bond acceptors (Lipinski definition) is 8. The lowest BCUT2D eigenvalue weighted by Gasteiger charge is -2.31. The highest BCUT2D eigenvalue weighted by molar-refractivity contribution is 7.09. The molecule has 1 aliphatic rings. The van der Waals surface area contributed by atoms with Gasteiger partial charge in [-0.3, -0.25) is 9.59 Å². The highest BCUT2D eigenvalue weighted by Crippen LogP contribution is 2.35. The van der Waals surface area contributed by atoms with Gasteiger partial charge < -0.3 is 19.7 Å². The fourth-order valence-corrected chi connectivity index (χ4v) is 6.08. The molecule has 0 saturated carbocycles. The summed E-state index contributed by atoms with van der Waals surface area (Å²) in [4.78, 5) is 34.9. The van der Waals surface area contributed by atoms with Crippen molar-refractivity contribution in [3.05, 3.63) is 118 Å². The Labute approximate surface area is 266 Å². The SMILES string of the molecule is O=C(Nc1ccc2c(c1)OCO2)C(c1ccc(Cl)cc1)N(Cc1nc(-c2ccccc2)cs1)C(=O)Cn1nnc2ccccc21. The number of aromatic nitrogens is 4. The summed E-state index contributed by atoms with van der Waals surface area (Å²) in [5.74, 6) is 0.353. The topological polar surface area (TPSA) is 111 Å². The van der Waals surface area contributed by atoms with Gasteiger partial charge in [-0.15, -0.1) is 16.4 Å². The lowest BCUT2D eigenvalue weighted by molar-refractivity contribution is -0.140. The minimum Gasteiger partial charge on any atom is -0.454 e. The maximum Gasteiger partial charge on any atom is 0.251 e. The Morgan fingerprint density at radius 3 is 2.58 bits per heavy atom. The molecule has 1 unspecified atom stereocenters. The maximum atomic E-state index is 14.3. The van der Waals surface area contributed by atoms with E-state index in [0.29, 0.717) is 43.8 Å². The highest BCUT2D eigenvalue weighted by atomic mass is 35.5. The molecule has 10 nitrogen and oxygen atoms in total. The molecule has 1 atom stereocenters. The Bertz CT molecular complexity index is 2000. The molecule has 2 amide bonds. The van der Waals surface area contributed by atoms with Crippen molar-refractivity contribution in [2.75, 3.05) is 12.1 Å². The number of para-hydroxylation sites is 1. The number of carbonyl (C=O) groups excluding carboxylic acids is 2. The number of benzene rings is 4. The van der Waals surface area contributed by atoms with Crippen molar-refractivity contribution in [2.24, 2.45) is 0 Å². The number of nitrogens with zero attached hydrogens (tertiary/aromatic N) is 5. The number of fused-ring (bicyclic) bond motifs is 2. The van der Waals surface area contributed by atoms with E-state index in [1.54, 1.807) is 42.5 Å². The number of carbonyl (C=O) groups is 2. The third-order valence-corrected chi connectivity index (χ3v) is 8.42. The van der Waals surface area contributed by atoms with E-state index in [9.17, 15) is 9.59 Å². The van der Waals surface area contributed by atoms with Crippen LogP contribution in [0.3, 0.4) is 0 Å². The number of hydrogen-bond donors (Lipinski definition) is 1. The maximum absolute atomic E-state index is 14.3. The van der Waals surface area contributed by atoms with Crippen LogP contribution in [0.25, 0.3) is 22.3 Å². The van der Waals surface area contributed by atoms with Crippen LogP contribution < -0.4 is 14.8 Å². The van der Waals surface area contributed by atoms with Gasteiger partial charge in [0, 0.05) is 27.7 Å². The Morgan fingerprint density at radius 1 is 0.956 bits per heavy atom. The first-order valence-corrected chi connectivity index (χ1v) is 15.3. The molecular weight excluding hydrogens is 612 g/mol. The molecule has 45 heavy (non-hydrogen) atoms. The summed E-state index contributed by atoms with van der Waals surface area (Å²) < 4.78 is 12.5. The van der Waals surface area contributed by atoms with Gasteiger partial charge in [-0.25, -0.2) is 9.67 Å². The molecule has 3 heterocycles. The molecule has 0 fully saturated rings. The van der Waals surface area contributed by atoms with Crippen LogP contribution in [-0.2, 0) is 22.7 Å². The molecule has 224 valence electrons. The first kappa shape index (κ1) is 28.5. The minimum atomic E-state index is -1.04. The van der Waals surface area contributed by atoms with Gasteiger partial charge in [0.05, 0.1) is 17.8 Å². The number of nitrogens with one attached hydrogen (secondary N) is 1. The van der Waals surface area contributed by atoms with Crippen molar-refractivity contribution in [1.82, 2.24) is 24.9 Å². The van der Waals surface area contributed by atoms with Crippen LogP contribution in [0.2, 0.25) is 5.02 Å². The predicted octanol–water partition coefficient (Wildman–Crippen LogP) is 6.35. The molecule has 0 bridgehead atoms. The molecule has 2 aromatic heterocycles. The van der Waals surface area contributed by atoms with Crippen molar-refractivity contribution in [3.8, 4) is 22.8 Å². The van der Waals surface area contributed by atoms with Crippen LogP contribution in [0.5, 0.6) is 11.5 Å². The van der Waals surface area contributed by atoms with Gasteiger partial charge in [-0.2, -0.15) is 0 Å². The fourth-order valence-electron chi connectivity index (χ4n) is 5.15. The van der Waals surface area contributed by atoms with Crippen LogP contribution >= 0.6 is 22.9 Å². The average molecular weight is 637 g/mol. The van der Waals surface area contributed by atoms with Crippen LogP contribution in [0.15, 0.2) is 102 Å². The summed E-state index contributed by atoms with van der Waals surface area (Å²) >= 11 is 7.65. The third-order valence-electron chi connectivity index (χ3n) is 7.34. The second-order valence-electron chi connectivity index (χ2n) is 10.3. The van der Waals surface area contributed by atoms with Crippen molar-refractivity contribution < 1.29 is 19.1 Å². The molecule has 4 aromatic carbocycles. The first-order chi connectivity index (χ1) is 22.0. The van der Waals surface area contributed by atoms with Gasteiger partial charge in [0.2, 0.25) is 12.7 Å². The van der Waals surface area contributed by atoms with Crippen LogP contribution in [0, 0.1) is 0 Å². The quantitative estimate of drug-likeness (QED) is 0.197. The molecule has 1 N–H and O–H groups in total. The average Bonchev–Trinajstić information content (AvgIpc) is 3.82. The summed E-state index contributed by atoms with van der Waals surface area (Å²) in [6, 6.07) is 28.2. The molecule has 1 aliphatic heterocycles. The van der Waals surface area contributed by atoms with E-state index < -0.39 is 11.9 Å². The van der Waals surface area contributed by atoms with Crippen molar-refractivity contribution in [3.63, 3.8) is 0 Å². The second-order valence-corrected chi connectivity index (χ2v) is 11.6. The standard InChI is InChI=1S/C33H25ClN6O4S/c34-23-12-10-22(11-13-23)32(33(42)35-24-14-15-28-29(16-24)44-20-43-28)39(17-30-36-26(19-45-30)21-6-2-1-3-7-21)31(41)18-40-27-9-5-4-8-25(27)37-38-40/h1-16,19,32H,17-18,20H2,(H,35,42).